The first-order valence-electron chi connectivity index (χ1n) is 5.78. The number of amides is 1. The summed E-state index contributed by atoms with van der Waals surface area (Å²) in [4.78, 5) is 12.1. The van der Waals surface area contributed by atoms with Gasteiger partial charge >= 0.3 is 0 Å². The van der Waals surface area contributed by atoms with E-state index in [1.165, 1.54) is 17.7 Å². The van der Waals surface area contributed by atoms with E-state index in [9.17, 15) is 4.79 Å². The van der Waals surface area contributed by atoms with Crippen molar-refractivity contribution in [1.82, 2.24) is 10.6 Å². The van der Waals surface area contributed by atoms with Crippen LogP contribution in [0.25, 0.3) is 0 Å². The number of hydrogen-bond donors (Lipinski definition) is 2. The fourth-order valence-electron chi connectivity index (χ4n) is 1.86. The Hall–Kier alpha value is -0.870. The molecule has 1 aromatic heterocycles. The van der Waals surface area contributed by atoms with Crippen molar-refractivity contribution in [2.45, 2.75) is 25.8 Å². The summed E-state index contributed by atoms with van der Waals surface area (Å²) >= 11 is 1.81. The summed E-state index contributed by atoms with van der Waals surface area (Å²) in [5.41, 5.74) is 0. The van der Waals surface area contributed by atoms with E-state index in [-0.39, 0.29) is 5.91 Å². The van der Waals surface area contributed by atoms with Gasteiger partial charge in [0, 0.05) is 30.9 Å². The van der Waals surface area contributed by atoms with Crippen LogP contribution in [-0.4, -0.2) is 19.0 Å². The van der Waals surface area contributed by atoms with Crippen molar-refractivity contribution in [1.29, 1.82) is 0 Å². The zero-order valence-corrected chi connectivity index (χ0v) is 10.3. The molecule has 88 valence electrons. The molecular weight excluding hydrogens is 220 g/mol. The lowest BCUT2D eigenvalue weighted by atomic mass is 10.1. The maximum absolute atomic E-state index is 10.7. The Morgan fingerprint density at radius 1 is 1.56 bits per heavy atom. The molecule has 16 heavy (non-hydrogen) atoms. The van der Waals surface area contributed by atoms with Crippen molar-refractivity contribution < 1.29 is 4.79 Å². The second kappa shape index (κ2) is 5.46. The molecule has 4 heteroatoms. The lowest BCUT2D eigenvalue weighted by Gasteiger charge is -2.16. The van der Waals surface area contributed by atoms with E-state index in [1.807, 2.05) is 11.3 Å². The largest absolute Gasteiger partial charge is 0.355 e. The number of nitrogens with one attached hydrogen (secondary N) is 2. The second-order valence-corrected chi connectivity index (χ2v) is 5.25. The van der Waals surface area contributed by atoms with Crippen LogP contribution >= 0.6 is 11.3 Å². The van der Waals surface area contributed by atoms with Crippen molar-refractivity contribution in [2.75, 3.05) is 13.1 Å². The highest BCUT2D eigenvalue weighted by molar-refractivity contribution is 7.10. The summed E-state index contributed by atoms with van der Waals surface area (Å²) in [5, 5.41) is 8.47. The van der Waals surface area contributed by atoms with Crippen LogP contribution in [0.2, 0.25) is 0 Å². The summed E-state index contributed by atoms with van der Waals surface area (Å²) in [5.74, 6) is 0.844. The Bertz CT molecular complexity index is 333. The molecule has 1 aliphatic carbocycles. The Balaban J connectivity index is 1.78. The van der Waals surface area contributed by atoms with E-state index in [0.29, 0.717) is 12.6 Å². The molecular formula is C12H18N2OS. The van der Waals surface area contributed by atoms with Gasteiger partial charge in [-0.15, -0.1) is 11.3 Å². The minimum absolute atomic E-state index is 0.0425. The van der Waals surface area contributed by atoms with Gasteiger partial charge in [0.2, 0.25) is 5.91 Å². The molecule has 3 nitrogen and oxygen atoms in total. The SMILES string of the molecule is CC(=O)NCCNC(c1cccs1)C1CC1. The van der Waals surface area contributed by atoms with Gasteiger partial charge in [0.25, 0.3) is 0 Å². The smallest absolute Gasteiger partial charge is 0.216 e. The normalized spacial score (nSPS) is 17.1. The van der Waals surface area contributed by atoms with Crippen LogP contribution in [0, 0.1) is 5.92 Å². The number of thiophene rings is 1. The number of carbonyl (C=O) groups is 1. The molecule has 1 fully saturated rings. The summed E-state index contributed by atoms with van der Waals surface area (Å²) < 4.78 is 0. The Kier molecular flexibility index (Phi) is 3.96. The topological polar surface area (TPSA) is 41.1 Å². The zero-order chi connectivity index (χ0) is 11.4. The van der Waals surface area contributed by atoms with Gasteiger partial charge in [-0.2, -0.15) is 0 Å². The Morgan fingerprint density at radius 3 is 2.94 bits per heavy atom. The van der Waals surface area contributed by atoms with Crippen LogP contribution < -0.4 is 10.6 Å². The Morgan fingerprint density at radius 2 is 2.38 bits per heavy atom. The monoisotopic (exact) mass is 238 g/mol. The van der Waals surface area contributed by atoms with E-state index in [4.69, 9.17) is 0 Å². The minimum Gasteiger partial charge on any atom is -0.355 e. The van der Waals surface area contributed by atoms with E-state index in [2.05, 4.69) is 28.1 Å². The third kappa shape index (κ3) is 3.32. The van der Waals surface area contributed by atoms with Crippen molar-refractivity contribution in [3.8, 4) is 0 Å². The number of rotatable bonds is 6. The molecule has 0 radical (unpaired) electrons. The highest BCUT2D eigenvalue weighted by Crippen LogP contribution is 2.42. The molecule has 2 rings (SSSR count). The second-order valence-electron chi connectivity index (χ2n) is 4.27. The maximum atomic E-state index is 10.7. The van der Waals surface area contributed by atoms with Crippen LogP contribution in [-0.2, 0) is 4.79 Å². The third-order valence-corrected chi connectivity index (χ3v) is 3.76. The average molecular weight is 238 g/mol. The molecule has 0 bridgehead atoms. The van der Waals surface area contributed by atoms with Gasteiger partial charge in [0.05, 0.1) is 0 Å². The van der Waals surface area contributed by atoms with Gasteiger partial charge in [-0.3, -0.25) is 4.79 Å². The van der Waals surface area contributed by atoms with Crippen LogP contribution in [0.4, 0.5) is 0 Å². The highest BCUT2D eigenvalue weighted by atomic mass is 32.1. The number of hydrogen-bond acceptors (Lipinski definition) is 3. The van der Waals surface area contributed by atoms with Gasteiger partial charge in [0.15, 0.2) is 0 Å². The van der Waals surface area contributed by atoms with Gasteiger partial charge < -0.3 is 10.6 Å². The first kappa shape index (κ1) is 11.6. The van der Waals surface area contributed by atoms with Gasteiger partial charge in [0.1, 0.15) is 0 Å². The molecule has 1 aliphatic rings. The maximum Gasteiger partial charge on any atom is 0.216 e. The zero-order valence-electron chi connectivity index (χ0n) is 9.53. The molecule has 1 unspecified atom stereocenters. The third-order valence-electron chi connectivity index (χ3n) is 2.81. The minimum atomic E-state index is 0.0425. The molecule has 1 amide bonds. The molecule has 1 saturated carbocycles. The summed E-state index contributed by atoms with van der Waals surface area (Å²) in [6.07, 6.45) is 2.66. The van der Waals surface area contributed by atoms with Crippen molar-refractivity contribution in [3.63, 3.8) is 0 Å². The lowest BCUT2D eigenvalue weighted by molar-refractivity contribution is -0.118. The van der Waals surface area contributed by atoms with E-state index in [1.54, 1.807) is 6.92 Å². The number of carbonyl (C=O) groups excluding carboxylic acids is 1. The average Bonchev–Trinajstić information content (AvgIpc) is 2.93. The fourth-order valence-corrected chi connectivity index (χ4v) is 2.76. The predicted molar refractivity (Wildman–Crippen MR) is 66.5 cm³/mol. The van der Waals surface area contributed by atoms with Crippen molar-refractivity contribution in [3.05, 3.63) is 22.4 Å². The highest BCUT2D eigenvalue weighted by Gasteiger charge is 2.32. The summed E-state index contributed by atoms with van der Waals surface area (Å²) in [6, 6.07) is 4.79. The first-order valence-corrected chi connectivity index (χ1v) is 6.66. The van der Waals surface area contributed by atoms with Gasteiger partial charge in [-0.1, -0.05) is 6.07 Å². The molecule has 0 saturated heterocycles. The first-order chi connectivity index (χ1) is 7.77. The van der Waals surface area contributed by atoms with Crippen molar-refractivity contribution >= 4 is 17.2 Å². The molecule has 0 aromatic carbocycles. The quantitative estimate of drug-likeness (QED) is 0.743. The molecule has 1 aromatic rings. The summed E-state index contributed by atoms with van der Waals surface area (Å²) in [6.45, 7) is 3.11. The standard InChI is InChI=1S/C12H18N2OS/c1-9(15)13-6-7-14-12(10-4-5-10)11-3-2-8-16-11/h2-3,8,10,12,14H,4-7H2,1H3,(H,13,15). The van der Waals surface area contributed by atoms with Crippen molar-refractivity contribution in [2.24, 2.45) is 5.92 Å². The van der Waals surface area contributed by atoms with Crippen LogP contribution in [0.1, 0.15) is 30.7 Å². The van der Waals surface area contributed by atoms with E-state index >= 15 is 0 Å². The fraction of sp³-hybridized carbons (Fsp3) is 0.583. The predicted octanol–water partition coefficient (Wildman–Crippen LogP) is 1.92. The molecule has 0 aliphatic heterocycles. The van der Waals surface area contributed by atoms with Crippen LogP contribution in [0.3, 0.4) is 0 Å². The molecule has 1 atom stereocenters. The lowest BCUT2D eigenvalue weighted by Crippen LogP contribution is -2.32. The summed E-state index contributed by atoms with van der Waals surface area (Å²) in [7, 11) is 0. The van der Waals surface area contributed by atoms with E-state index in [0.717, 1.165) is 12.5 Å². The van der Waals surface area contributed by atoms with Crippen LogP contribution in [0.15, 0.2) is 17.5 Å². The van der Waals surface area contributed by atoms with Crippen LogP contribution in [0.5, 0.6) is 0 Å². The Labute approximate surface area is 100 Å². The molecule has 0 spiro atoms. The molecule has 2 N–H and O–H groups in total. The van der Waals surface area contributed by atoms with Gasteiger partial charge in [-0.05, 0) is 30.2 Å². The van der Waals surface area contributed by atoms with Gasteiger partial charge in [-0.25, -0.2) is 0 Å². The van der Waals surface area contributed by atoms with E-state index < -0.39 is 0 Å². The molecule has 1 heterocycles.